The molecule has 0 unspecified atom stereocenters. The van der Waals surface area contributed by atoms with E-state index in [-0.39, 0.29) is 0 Å². The van der Waals surface area contributed by atoms with Crippen molar-refractivity contribution in [3.63, 3.8) is 0 Å². The summed E-state index contributed by atoms with van der Waals surface area (Å²) in [6, 6.07) is 0. The van der Waals surface area contributed by atoms with Gasteiger partial charge in [0.25, 0.3) is 0 Å². The van der Waals surface area contributed by atoms with Crippen LogP contribution in [0.4, 0.5) is 4.79 Å². The summed E-state index contributed by atoms with van der Waals surface area (Å²) in [6.07, 6.45) is 5.34. The van der Waals surface area contributed by atoms with Crippen LogP contribution in [-0.4, -0.2) is 18.4 Å². The second-order valence-electron chi connectivity index (χ2n) is 4.84. The van der Waals surface area contributed by atoms with Crippen LogP contribution >= 0.6 is 0 Å². The van der Waals surface area contributed by atoms with Crippen LogP contribution in [0.15, 0.2) is 0 Å². The maximum absolute atomic E-state index is 11.2. The van der Waals surface area contributed by atoms with Crippen molar-refractivity contribution < 1.29 is 19.3 Å². The highest BCUT2D eigenvalue weighted by atomic mass is 17.2. The lowest BCUT2D eigenvalue weighted by atomic mass is 10.0. The zero-order valence-corrected chi connectivity index (χ0v) is 11.6. The number of hydrogen-bond donors (Lipinski definition) is 0. The van der Waals surface area contributed by atoms with E-state index in [9.17, 15) is 4.79 Å². The van der Waals surface area contributed by atoms with Crippen LogP contribution in [-0.2, 0) is 14.5 Å². The maximum atomic E-state index is 11.2. The highest BCUT2D eigenvalue weighted by molar-refractivity contribution is 5.58. The van der Waals surface area contributed by atoms with E-state index < -0.39 is 11.8 Å². The molecule has 0 amide bonds. The molecule has 0 aromatic carbocycles. The predicted molar refractivity (Wildman–Crippen MR) is 66.6 cm³/mol. The molecule has 0 aromatic rings. The van der Waals surface area contributed by atoms with Crippen LogP contribution in [0.5, 0.6) is 0 Å². The fourth-order valence-corrected chi connectivity index (χ4v) is 1.50. The van der Waals surface area contributed by atoms with Crippen LogP contribution in [0.2, 0.25) is 0 Å². The number of carbonyl (C=O) groups is 1. The summed E-state index contributed by atoms with van der Waals surface area (Å²) in [7, 11) is 0. The molecule has 4 nitrogen and oxygen atoms in total. The van der Waals surface area contributed by atoms with Crippen molar-refractivity contribution in [1.82, 2.24) is 0 Å². The molecule has 0 bridgehead atoms. The Labute approximate surface area is 105 Å². The van der Waals surface area contributed by atoms with Gasteiger partial charge >= 0.3 is 6.16 Å². The Morgan fingerprint density at radius 3 is 2.35 bits per heavy atom. The molecule has 0 heterocycles. The Morgan fingerprint density at radius 2 is 1.76 bits per heavy atom. The van der Waals surface area contributed by atoms with Gasteiger partial charge < -0.3 is 4.74 Å². The summed E-state index contributed by atoms with van der Waals surface area (Å²) in [4.78, 5) is 20.8. The molecule has 102 valence electrons. The maximum Gasteiger partial charge on any atom is 0.540 e. The van der Waals surface area contributed by atoms with E-state index in [1.54, 1.807) is 0 Å². The third kappa shape index (κ3) is 10.1. The molecule has 0 rings (SSSR count). The largest absolute Gasteiger partial charge is 0.540 e. The lowest BCUT2D eigenvalue weighted by molar-refractivity contribution is -0.318. The molecule has 0 atom stereocenters. The number of hydrogen-bond acceptors (Lipinski definition) is 4. The van der Waals surface area contributed by atoms with Gasteiger partial charge in [-0.15, -0.1) is 0 Å². The first kappa shape index (κ1) is 16.2. The van der Waals surface area contributed by atoms with Crippen molar-refractivity contribution in [1.29, 1.82) is 0 Å². The highest BCUT2D eigenvalue weighted by Gasteiger charge is 2.21. The minimum Gasteiger partial charge on any atom is -0.432 e. The van der Waals surface area contributed by atoms with Gasteiger partial charge in [0.05, 0.1) is 6.61 Å². The Balaban J connectivity index is 3.52. The molecule has 4 heteroatoms. The van der Waals surface area contributed by atoms with E-state index in [1.165, 1.54) is 12.8 Å². The van der Waals surface area contributed by atoms with E-state index in [1.807, 2.05) is 13.8 Å². The molecule has 0 N–H and O–H groups in total. The minimum atomic E-state index is -0.745. The standard InChI is InChI=1S/C13H26O4/c1-5-7-8-9-11-15-12(14)16-17-13(3,4)10-6-2/h5-11H2,1-4H3. The first-order valence-corrected chi connectivity index (χ1v) is 6.54. The quantitative estimate of drug-likeness (QED) is 0.264. The molecular weight excluding hydrogens is 220 g/mol. The molecule has 0 aliphatic rings. The van der Waals surface area contributed by atoms with E-state index in [2.05, 4.69) is 18.7 Å². The molecule has 0 aliphatic heterocycles. The Bertz CT molecular complexity index is 202. The molecule has 0 aliphatic carbocycles. The van der Waals surface area contributed by atoms with Crippen molar-refractivity contribution in [3.05, 3.63) is 0 Å². The van der Waals surface area contributed by atoms with Gasteiger partial charge in [-0.25, -0.2) is 4.79 Å². The molecule has 0 fully saturated rings. The summed E-state index contributed by atoms with van der Waals surface area (Å²) in [6.45, 7) is 8.35. The smallest absolute Gasteiger partial charge is 0.432 e. The van der Waals surface area contributed by atoms with E-state index in [4.69, 9.17) is 9.62 Å². The van der Waals surface area contributed by atoms with Crippen molar-refractivity contribution in [2.45, 2.75) is 71.8 Å². The fraction of sp³-hybridized carbons (Fsp3) is 0.923. The Kier molecular flexibility index (Phi) is 8.86. The highest BCUT2D eigenvalue weighted by Crippen LogP contribution is 2.16. The van der Waals surface area contributed by atoms with Crippen LogP contribution < -0.4 is 0 Å². The van der Waals surface area contributed by atoms with Crippen LogP contribution in [0.1, 0.15) is 66.2 Å². The third-order valence-corrected chi connectivity index (χ3v) is 2.41. The zero-order chi connectivity index (χ0) is 13.1. The van der Waals surface area contributed by atoms with Gasteiger partial charge in [0.1, 0.15) is 5.60 Å². The van der Waals surface area contributed by atoms with Gasteiger partial charge in [0.2, 0.25) is 0 Å². The lowest BCUT2D eigenvalue weighted by Gasteiger charge is -2.21. The second-order valence-corrected chi connectivity index (χ2v) is 4.84. The monoisotopic (exact) mass is 246 g/mol. The number of unbranched alkanes of at least 4 members (excludes halogenated alkanes) is 3. The number of ether oxygens (including phenoxy) is 1. The van der Waals surface area contributed by atoms with Crippen molar-refractivity contribution in [2.24, 2.45) is 0 Å². The average molecular weight is 246 g/mol. The molecule has 0 saturated carbocycles. The number of carbonyl (C=O) groups excluding carboxylic acids is 1. The molecule has 17 heavy (non-hydrogen) atoms. The number of rotatable bonds is 9. The third-order valence-electron chi connectivity index (χ3n) is 2.41. The van der Waals surface area contributed by atoms with Crippen molar-refractivity contribution in [3.8, 4) is 0 Å². The van der Waals surface area contributed by atoms with Crippen molar-refractivity contribution >= 4 is 6.16 Å². The van der Waals surface area contributed by atoms with Crippen LogP contribution in [0, 0.1) is 0 Å². The predicted octanol–water partition coefficient (Wildman–Crippen LogP) is 4.23. The fourth-order valence-electron chi connectivity index (χ4n) is 1.50. The van der Waals surface area contributed by atoms with Gasteiger partial charge in [-0.1, -0.05) is 39.5 Å². The van der Waals surface area contributed by atoms with Crippen LogP contribution in [0.3, 0.4) is 0 Å². The normalized spacial score (nSPS) is 11.3. The molecular formula is C13H26O4. The second kappa shape index (κ2) is 9.28. The van der Waals surface area contributed by atoms with Crippen molar-refractivity contribution in [2.75, 3.05) is 6.61 Å². The van der Waals surface area contributed by atoms with E-state index in [0.29, 0.717) is 6.61 Å². The molecule has 0 saturated heterocycles. The van der Waals surface area contributed by atoms with Gasteiger partial charge in [0.15, 0.2) is 0 Å². The zero-order valence-electron chi connectivity index (χ0n) is 11.6. The minimum absolute atomic E-state index is 0.399. The van der Waals surface area contributed by atoms with Gasteiger partial charge in [-0.2, -0.15) is 4.89 Å². The molecule has 0 spiro atoms. The van der Waals surface area contributed by atoms with Gasteiger partial charge in [-0.3, -0.25) is 4.89 Å². The molecule has 0 aromatic heterocycles. The molecule has 0 radical (unpaired) electrons. The van der Waals surface area contributed by atoms with Crippen LogP contribution in [0.25, 0.3) is 0 Å². The van der Waals surface area contributed by atoms with E-state index in [0.717, 1.165) is 25.7 Å². The summed E-state index contributed by atoms with van der Waals surface area (Å²) in [5.41, 5.74) is -0.448. The van der Waals surface area contributed by atoms with E-state index >= 15 is 0 Å². The SMILES string of the molecule is CCCCCCOC(=O)OOC(C)(C)CCC. The first-order valence-electron chi connectivity index (χ1n) is 6.54. The Hall–Kier alpha value is -0.770. The Morgan fingerprint density at radius 1 is 1.06 bits per heavy atom. The van der Waals surface area contributed by atoms with Gasteiger partial charge in [0, 0.05) is 0 Å². The average Bonchev–Trinajstić information content (AvgIpc) is 2.26. The first-order chi connectivity index (χ1) is 8.02. The summed E-state index contributed by atoms with van der Waals surface area (Å²) >= 11 is 0. The lowest BCUT2D eigenvalue weighted by Crippen LogP contribution is -2.26. The summed E-state index contributed by atoms with van der Waals surface area (Å²) < 4.78 is 4.88. The topological polar surface area (TPSA) is 44.8 Å². The summed E-state index contributed by atoms with van der Waals surface area (Å²) in [5.74, 6) is 0. The van der Waals surface area contributed by atoms with Gasteiger partial charge in [-0.05, 0) is 26.7 Å². The summed E-state index contributed by atoms with van der Waals surface area (Å²) in [5, 5.41) is 0.